The monoisotopic (exact) mass is 362 g/mol. The summed E-state index contributed by atoms with van der Waals surface area (Å²) in [6, 6.07) is 8.52. The van der Waals surface area contributed by atoms with E-state index < -0.39 is 10.0 Å². The molecule has 7 heteroatoms. The highest BCUT2D eigenvalue weighted by atomic mass is 32.2. The number of aryl methyl sites for hydroxylation is 1. The highest BCUT2D eigenvalue weighted by molar-refractivity contribution is 7.89. The molecule has 1 amide bonds. The summed E-state index contributed by atoms with van der Waals surface area (Å²) in [7, 11) is -3.54. The average Bonchev–Trinajstić information content (AvgIpc) is 3.07. The second-order valence-electron chi connectivity index (χ2n) is 6.19. The maximum atomic E-state index is 12.9. The third-order valence-corrected chi connectivity index (χ3v) is 6.41. The van der Waals surface area contributed by atoms with Crippen molar-refractivity contribution in [2.75, 3.05) is 13.1 Å². The highest BCUT2D eigenvalue weighted by Crippen LogP contribution is 2.23. The van der Waals surface area contributed by atoms with Gasteiger partial charge in [0.2, 0.25) is 10.0 Å². The van der Waals surface area contributed by atoms with E-state index in [1.165, 1.54) is 10.6 Å². The smallest absolute Gasteiger partial charge is 0.287 e. The Kier molecular flexibility index (Phi) is 5.24. The lowest BCUT2D eigenvalue weighted by molar-refractivity contribution is 0.0922. The molecule has 3 rings (SSSR count). The van der Waals surface area contributed by atoms with Crippen LogP contribution in [-0.2, 0) is 16.6 Å². The van der Waals surface area contributed by atoms with Crippen molar-refractivity contribution in [1.82, 2.24) is 9.62 Å². The van der Waals surface area contributed by atoms with Crippen LogP contribution in [0.4, 0.5) is 0 Å². The van der Waals surface area contributed by atoms with Crippen molar-refractivity contribution < 1.29 is 17.6 Å². The van der Waals surface area contributed by atoms with Crippen molar-refractivity contribution in [3.63, 3.8) is 0 Å². The van der Waals surface area contributed by atoms with Crippen molar-refractivity contribution in [1.29, 1.82) is 0 Å². The molecule has 2 heterocycles. The van der Waals surface area contributed by atoms with Crippen LogP contribution in [0.25, 0.3) is 0 Å². The largest absolute Gasteiger partial charge is 0.459 e. The molecule has 1 aromatic heterocycles. The van der Waals surface area contributed by atoms with Crippen LogP contribution in [0.3, 0.4) is 0 Å². The first-order valence-electron chi connectivity index (χ1n) is 8.40. The van der Waals surface area contributed by atoms with Crippen molar-refractivity contribution in [3.05, 3.63) is 53.5 Å². The summed E-state index contributed by atoms with van der Waals surface area (Å²) in [4.78, 5) is 12.5. The molecule has 1 N–H and O–H groups in total. The van der Waals surface area contributed by atoms with E-state index in [4.69, 9.17) is 4.42 Å². The third kappa shape index (κ3) is 3.77. The number of piperidine rings is 1. The second kappa shape index (κ2) is 7.41. The van der Waals surface area contributed by atoms with Gasteiger partial charge in [0.25, 0.3) is 5.91 Å². The van der Waals surface area contributed by atoms with Gasteiger partial charge >= 0.3 is 0 Å². The van der Waals surface area contributed by atoms with Crippen molar-refractivity contribution in [3.8, 4) is 0 Å². The number of sulfonamides is 1. The molecule has 1 aliphatic rings. The van der Waals surface area contributed by atoms with Crippen LogP contribution >= 0.6 is 0 Å². The fourth-order valence-corrected chi connectivity index (χ4v) is 4.75. The molecule has 1 aliphatic heterocycles. The molecule has 0 aliphatic carbocycles. The zero-order valence-corrected chi connectivity index (χ0v) is 15.0. The van der Waals surface area contributed by atoms with Crippen LogP contribution in [0.2, 0.25) is 0 Å². The van der Waals surface area contributed by atoms with Gasteiger partial charge in [-0.15, -0.1) is 0 Å². The summed E-state index contributed by atoms with van der Waals surface area (Å²) >= 11 is 0. The molecule has 2 aromatic rings. The summed E-state index contributed by atoms with van der Waals surface area (Å²) < 4.78 is 32.6. The quantitative estimate of drug-likeness (QED) is 0.887. The van der Waals surface area contributed by atoms with Crippen molar-refractivity contribution >= 4 is 15.9 Å². The van der Waals surface area contributed by atoms with Gasteiger partial charge in [-0.25, -0.2) is 8.42 Å². The highest BCUT2D eigenvalue weighted by Gasteiger charge is 2.28. The number of carbonyl (C=O) groups excluding carboxylic acids is 1. The normalized spacial score (nSPS) is 15.9. The van der Waals surface area contributed by atoms with Gasteiger partial charge in [0.15, 0.2) is 5.76 Å². The Bertz CT molecular complexity index is 851. The maximum Gasteiger partial charge on any atom is 0.287 e. The van der Waals surface area contributed by atoms with Crippen LogP contribution in [0, 0.1) is 6.92 Å². The molecule has 6 nitrogen and oxygen atoms in total. The molecule has 1 aromatic carbocycles. The number of nitrogens with one attached hydrogen (secondary N) is 1. The molecule has 1 fully saturated rings. The maximum absolute atomic E-state index is 12.9. The summed E-state index contributed by atoms with van der Waals surface area (Å²) in [6.45, 7) is 3.01. The Morgan fingerprint density at radius 1 is 1.16 bits per heavy atom. The first-order chi connectivity index (χ1) is 12.0. The van der Waals surface area contributed by atoms with Gasteiger partial charge < -0.3 is 9.73 Å². The fourth-order valence-electron chi connectivity index (χ4n) is 3.01. The molecule has 0 unspecified atom stereocenters. The van der Waals surface area contributed by atoms with E-state index in [0.717, 1.165) is 24.8 Å². The Labute approximate surface area is 147 Å². The van der Waals surface area contributed by atoms with Crippen LogP contribution < -0.4 is 5.32 Å². The van der Waals surface area contributed by atoms with E-state index in [0.29, 0.717) is 18.7 Å². The molecule has 0 bridgehead atoms. The molecule has 1 saturated heterocycles. The van der Waals surface area contributed by atoms with Gasteiger partial charge in [0.05, 0.1) is 11.2 Å². The zero-order valence-electron chi connectivity index (χ0n) is 14.2. The van der Waals surface area contributed by atoms with E-state index in [9.17, 15) is 13.2 Å². The van der Waals surface area contributed by atoms with Gasteiger partial charge in [-0.05, 0) is 37.5 Å². The molecule has 0 saturated carbocycles. The molecular weight excluding hydrogens is 340 g/mol. The Balaban J connectivity index is 1.79. The summed E-state index contributed by atoms with van der Waals surface area (Å²) in [5.41, 5.74) is 1.32. The minimum atomic E-state index is -3.54. The lowest BCUT2D eigenvalue weighted by atomic mass is 10.2. The number of rotatable bonds is 5. The standard InChI is InChI=1S/C18H22N2O4S/c1-14-9-12-24-17(14)18(21)19-13-15-7-3-4-8-16(15)25(22,23)20-10-5-2-6-11-20/h3-4,7-9,12H,2,5-6,10-11,13H2,1H3,(H,19,21). The number of carbonyl (C=O) groups is 1. The average molecular weight is 362 g/mol. The van der Waals surface area contributed by atoms with Gasteiger partial charge in [0, 0.05) is 25.2 Å². The van der Waals surface area contributed by atoms with E-state index in [1.807, 2.05) is 0 Å². The molecule has 0 spiro atoms. The first-order valence-corrected chi connectivity index (χ1v) is 9.84. The van der Waals surface area contributed by atoms with Crippen LogP contribution in [0.5, 0.6) is 0 Å². The van der Waals surface area contributed by atoms with E-state index in [2.05, 4.69) is 5.32 Å². The van der Waals surface area contributed by atoms with E-state index >= 15 is 0 Å². The number of nitrogens with zero attached hydrogens (tertiary/aromatic N) is 1. The predicted octanol–water partition coefficient (Wildman–Crippen LogP) is 2.69. The van der Waals surface area contributed by atoms with Crippen LogP contribution in [0.15, 0.2) is 45.9 Å². The zero-order chi connectivity index (χ0) is 17.9. The van der Waals surface area contributed by atoms with Gasteiger partial charge in [-0.3, -0.25) is 4.79 Å². The minimum absolute atomic E-state index is 0.127. The topological polar surface area (TPSA) is 79.6 Å². The van der Waals surface area contributed by atoms with Crippen LogP contribution in [-0.4, -0.2) is 31.7 Å². The Morgan fingerprint density at radius 3 is 2.56 bits per heavy atom. The molecule has 25 heavy (non-hydrogen) atoms. The van der Waals surface area contributed by atoms with Gasteiger partial charge in [-0.2, -0.15) is 4.31 Å². The van der Waals surface area contributed by atoms with Gasteiger partial charge in [0.1, 0.15) is 0 Å². The molecule has 0 atom stereocenters. The number of amides is 1. The summed E-state index contributed by atoms with van der Waals surface area (Å²) in [6.07, 6.45) is 4.29. The van der Waals surface area contributed by atoms with E-state index in [-0.39, 0.29) is 23.1 Å². The number of hydrogen-bond donors (Lipinski definition) is 1. The SMILES string of the molecule is Cc1ccoc1C(=O)NCc1ccccc1S(=O)(=O)N1CCCCC1. The summed E-state index contributed by atoms with van der Waals surface area (Å²) in [5.74, 6) is -0.107. The summed E-state index contributed by atoms with van der Waals surface area (Å²) in [5, 5.41) is 2.74. The number of benzene rings is 1. The number of furan rings is 1. The fraction of sp³-hybridized carbons (Fsp3) is 0.389. The predicted molar refractivity (Wildman–Crippen MR) is 93.7 cm³/mol. The molecule has 134 valence electrons. The van der Waals surface area contributed by atoms with Gasteiger partial charge in [-0.1, -0.05) is 24.6 Å². The van der Waals surface area contributed by atoms with E-state index in [1.54, 1.807) is 37.3 Å². The third-order valence-electron chi connectivity index (χ3n) is 4.41. The second-order valence-corrected chi connectivity index (χ2v) is 8.09. The molecule has 0 radical (unpaired) electrons. The Hall–Kier alpha value is -2.12. The Morgan fingerprint density at radius 2 is 1.88 bits per heavy atom. The van der Waals surface area contributed by atoms with Crippen molar-refractivity contribution in [2.45, 2.75) is 37.6 Å². The lowest BCUT2D eigenvalue weighted by Crippen LogP contribution is -2.36. The first kappa shape index (κ1) is 17.7. The molecular formula is C18H22N2O4S. The van der Waals surface area contributed by atoms with Crippen molar-refractivity contribution in [2.24, 2.45) is 0 Å². The van der Waals surface area contributed by atoms with Crippen LogP contribution in [0.1, 0.15) is 40.9 Å². The number of hydrogen-bond acceptors (Lipinski definition) is 4. The minimum Gasteiger partial charge on any atom is -0.459 e. The lowest BCUT2D eigenvalue weighted by Gasteiger charge is -2.26.